The van der Waals surface area contributed by atoms with Gasteiger partial charge in [0.05, 0.1) is 6.33 Å². The summed E-state index contributed by atoms with van der Waals surface area (Å²) in [7, 11) is 0. The van der Waals surface area contributed by atoms with Crippen molar-refractivity contribution in [1.82, 2.24) is 19.9 Å². The highest BCUT2D eigenvalue weighted by molar-refractivity contribution is 6.00. The van der Waals surface area contributed by atoms with Gasteiger partial charge in [-0.05, 0) is 26.8 Å². The van der Waals surface area contributed by atoms with E-state index in [1.165, 1.54) is 19.6 Å². The summed E-state index contributed by atoms with van der Waals surface area (Å²) >= 11 is 0. The smallest absolute Gasteiger partial charge is 0.342 e. The van der Waals surface area contributed by atoms with E-state index in [9.17, 15) is 9.59 Å². The fourth-order valence-corrected chi connectivity index (χ4v) is 2.19. The highest BCUT2D eigenvalue weighted by atomic mass is 16.5. The molecular formula is C15H15N5O4. The second-order valence-corrected chi connectivity index (χ2v) is 5.19. The number of H-pyrrole nitrogens is 1. The molecular weight excluding hydrogens is 314 g/mol. The summed E-state index contributed by atoms with van der Waals surface area (Å²) in [6.07, 6.45) is 1.72. The Balaban J connectivity index is 1.70. The molecule has 9 nitrogen and oxygen atoms in total. The third kappa shape index (κ3) is 2.96. The van der Waals surface area contributed by atoms with E-state index in [0.717, 1.165) is 0 Å². The summed E-state index contributed by atoms with van der Waals surface area (Å²) in [6.45, 7) is 4.86. The molecule has 0 unspecified atom stereocenters. The Morgan fingerprint density at radius 3 is 2.79 bits per heavy atom. The van der Waals surface area contributed by atoms with Crippen molar-refractivity contribution >= 4 is 28.9 Å². The zero-order valence-corrected chi connectivity index (χ0v) is 13.3. The van der Waals surface area contributed by atoms with Gasteiger partial charge in [-0.15, -0.1) is 0 Å². The summed E-state index contributed by atoms with van der Waals surface area (Å²) in [4.78, 5) is 39.1. The van der Waals surface area contributed by atoms with Crippen molar-refractivity contribution in [1.29, 1.82) is 0 Å². The number of amides is 1. The van der Waals surface area contributed by atoms with E-state index in [-0.39, 0.29) is 5.82 Å². The predicted octanol–water partition coefficient (Wildman–Crippen LogP) is 1.75. The number of esters is 1. The molecule has 24 heavy (non-hydrogen) atoms. The zero-order valence-electron chi connectivity index (χ0n) is 13.3. The lowest BCUT2D eigenvalue weighted by atomic mass is 10.2. The van der Waals surface area contributed by atoms with E-state index in [0.29, 0.717) is 28.2 Å². The van der Waals surface area contributed by atoms with Crippen molar-refractivity contribution in [2.75, 3.05) is 5.32 Å². The first-order valence-electron chi connectivity index (χ1n) is 7.18. The predicted molar refractivity (Wildman–Crippen MR) is 83.4 cm³/mol. The first-order valence-corrected chi connectivity index (χ1v) is 7.18. The molecule has 0 aliphatic rings. The number of hydrogen-bond donors (Lipinski definition) is 2. The van der Waals surface area contributed by atoms with Crippen LogP contribution in [0.15, 0.2) is 23.1 Å². The van der Waals surface area contributed by atoms with E-state index < -0.39 is 18.0 Å². The molecule has 3 aromatic rings. The second-order valence-electron chi connectivity index (χ2n) is 5.19. The van der Waals surface area contributed by atoms with Gasteiger partial charge in [-0.3, -0.25) is 4.79 Å². The largest absolute Gasteiger partial charge is 0.466 e. The maximum atomic E-state index is 12.2. The van der Waals surface area contributed by atoms with Crippen LogP contribution in [0, 0.1) is 13.8 Å². The third-order valence-corrected chi connectivity index (χ3v) is 3.38. The third-order valence-electron chi connectivity index (χ3n) is 3.38. The number of carbonyl (C=O) groups is 2. The highest BCUT2D eigenvalue weighted by Crippen LogP contribution is 2.17. The fraction of sp³-hybridized carbons (Fsp3) is 0.267. The highest BCUT2D eigenvalue weighted by Gasteiger charge is 2.23. The molecule has 1 amide bonds. The molecule has 0 fully saturated rings. The van der Waals surface area contributed by atoms with Crippen LogP contribution in [0.5, 0.6) is 0 Å². The summed E-state index contributed by atoms with van der Waals surface area (Å²) in [6, 6.07) is 1.57. The molecule has 0 radical (unpaired) electrons. The number of carbonyl (C=O) groups excluding carboxylic acids is 2. The normalized spacial score (nSPS) is 12.1. The zero-order chi connectivity index (χ0) is 17.3. The monoisotopic (exact) mass is 329 g/mol. The van der Waals surface area contributed by atoms with Crippen LogP contribution in [-0.2, 0) is 9.53 Å². The Hall–Kier alpha value is -3.23. The lowest BCUT2D eigenvalue weighted by molar-refractivity contribution is -0.123. The van der Waals surface area contributed by atoms with Crippen LogP contribution >= 0.6 is 0 Å². The number of furan rings is 1. The number of fused-ring (bicyclic) bond motifs is 1. The minimum Gasteiger partial charge on any atom is -0.466 e. The maximum absolute atomic E-state index is 12.2. The number of aromatic nitrogens is 4. The fourth-order valence-electron chi connectivity index (χ4n) is 2.19. The van der Waals surface area contributed by atoms with Gasteiger partial charge < -0.3 is 19.5 Å². The van der Waals surface area contributed by atoms with E-state index in [1.54, 1.807) is 19.9 Å². The number of rotatable bonds is 4. The maximum Gasteiger partial charge on any atom is 0.342 e. The average Bonchev–Trinajstić information content (AvgIpc) is 3.13. The number of imidazole rings is 1. The van der Waals surface area contributed by atoms with Crippen molar-refractivity contribution in [2.24, 2.45) is 0 Å². The molecule has 0 saturated heterocycles. The summed E-state index contributed by atoms with van der Waals surface area (Å²) in [5.74, 6) is 0.164. The summed E-state index contributed by atoms with van der Waals surface area (Å²) < 4.78 is 10.5. The number of anilines is 1. The lowest BCUT2D eigenvalue weighted by Gasteiger charge is -2.12. The van der Waals surface area contributed by atoms with Crippen LogP contribution in [0.3, 0.4) is 0 Å². The lowest BCUT2D eigenvalue weighted by Crippen LogP contribution is -2.30. The van der Waals surface area contributed by atoms with Crippen molar-refractivity contribution in [3.63, 3.8) is 0 Å². The molecule has 0 aliphatic heterocycles. The van der Waals surface area contributed by atoms with Crippen LogP contribution in [0.25, 0.3) is 11.2 Å². The van der Waals surface area contributed by atoms with E-state index in [4.69, 9.17) is 9.15 Å². The van der Waals surface area contributed by atoms with Crippen molar-refractivity contribution in [2.45, 2.75) is 26.9 Å². The van der Waals surface area contributed by atoms with Gasteiger partial charge in [0.2, 0.25) is 0 Å². The number of aromatic amines is 1. The van der Waals surface area contributed by atoms with Gasteiger partial charge in [0.25, 0.3) is 5.91 Å². The van der Waals surface area contributed by atoms with Gasteiger partial charge in [0, 0.05) is 0 Å². The Bertz CT molecular complexity index is 914. The first kappa shape index (κ1) is 15.7. The molecule has 0 aliphatic carbocycles. The standard InChI is InChI=1S/C15H15N5O4/c1-7-4-10(8(2)23-7)15(22)24-9(3)14(21)20-13-11-12(17-5-16-11)18-6-19-13/h4-6,9H,1-3H3,(H2,16,17,18,19,20,21)/t9-/m0/s1. The molecule has 0 saturated carbocycles. The number of nitrogens with zero attached hydrogens (tertiary/aromatic N) is 3. The second kappa shape index (κ2) is 6.11. The van der Waals surface area contributed by atoms with Crippen LogP contribution in [0.2, 0.25) is 0 Å². The van der Waals surface area contributed by atoms with Crippen LogP contribution in [0.1, 0.15) is 28.8 Å². The number of hydrogen-bond acceptors (Lipinski definition) is 7. The van der Waals surface area contributed by atoms with Gasteiger partial charge in [0.15, 0.2) is 17.6 Å². The molecule has 0 aromatic carbocycles. The molecule has 3 rings (SSSR count). The SMILES string of the molecule is Cc1cc(C(=O)O[C@@H](C)C(=O)Nc2ncnc3nc[nH]c23)c(C)o1. The molecule has 0 spiro atoms. The van der Waals surface area contributed by atoms with Crippen molar-refractivity contribution < 1.29 is 18.7 Å². The minimum atomic E-state index is -1.01. The number of aryl methyl sites for hydroxylation is 2. The summed E-state index contributed by atoms with van der Waals surface area (Å²) in [5.41, 5.74) is 1.21. The molecule has 1 atom stereocenters. The molecule has 9 heteroatoms. The van der Waals surface area contributed by atoms with Crippen molar-refractivity contribution in [3.8, 4) is 0 Å². The van der Waals surface area contributed by atoms with Gasteiger partial charge in [0.1, 0.15) is 28.9 Å². The molecule has 2 N–H and O–H groups in total. The van der Waals surface area contributed by atoms with E-state index in [2.05, 4.69) is 25.3 Å². The Morgan fingerprint density at radius 1 is 1.29 bits per heavy atom. The number of ether oxygens (including phenoxy) is 1. The Labute approximate surface area is 136 Å². The topological polar surface area (TPSA) is 123 Å². The molecule has 3 aromatic heterocycles. The van der Waals surface area contributed by atoms with Gasteiger partial charge in [-0.2, -0.15) is 0 Å². The van der Waals surface area contributed by atoms with Gasteiger partial charge in [-0.25, -0.2) is 19.7 Å². The molecule has 124 valence electrons. The van der Waals surface area contributed by atoms with Gasteiger partial charge in [-0.1, -0.05) is 0 Å². The molecule has 0 bridgehead atoms. The Morgan fingerprint density at radius 2 is 2.08 bits per heavy atom. The van der Waals surface area contributed by atoms with E-state index in [1.807, 2.05) is 0 Å². The van der Waals surface area contributed by atoms with Crippen LogP contribution in [-0.4, -0.2) is 37.9 Å². The first-order chi connectivity index (χ1) is 11.5. The van der Waals surface area contributed by atoms with Gasteiger partial charge >= 0.3 is 5.97 Å². The quantitative estimate of drug-likeness (QED) is 0.699. The molecule has 3 heterocycles. The summed E-state index contributed by atoms with van der Waals surface area (Å²) in [5, 5.41) is 2.59. The van der Waals surface area contributed by atoms with Crippen molar-refractivity contribution in [3.05, 3.63) is 35.8 Å². The van der Waals surface area contributed by atoms with Crippen LogP contribution < -0.4 is 5.32 Å². The minimum absolute atomic E-state index is 0.265. The Kier molecular flexibility index (Phi) is 3.98. The van der Waals surface area contributed by atoms with E-state index >= 15 is 0 Å². The average molecular weight is 329 g/mol. The number of nitrogens with one attached hydrogen (secondary N) is 2. The van der Waals surface area contributed by atoms with Crippen LogP contribution in [0.4, 0.5) is 5.82 Å².